The molecule has 1 fully saturated rings. The fourth-order valence-corrected chi connectivity index (χ4v) is 3.15. The summed E-state index contributed by atoms with van der Waals surface area (Å²) in [4.78, 5) is 28.3. The zero-order chi connectivity index (χ0) is 17.0. The number of nitrogens with zero attached hydrogens (tertiary/aromatic N) is 3. The molecule has 1 aliphatic rings. The highest BCUT2D eigenvalue weighted by molar-refractivity contribution is 5.98. The van der Waals surface area contributed by atoms with E-state index in [9.17, 15) is 14.7 Å². The van der Waals surface area contributed by atoms with Crippen LogP contribution in [-0.4, -0.2) is 37.3 Å². The molecule has 1 aromatic carbocycles. The molecule has 0 atom stereocenters. The van der Waals surface area contributed by atoms with Crippen molar-refractivity contribution in [2.75, 3.05) is 0 Å². The Hall–Kier alpha value is -2.70. The lowest BCUT2D eigenvalue weighted by atomic mass is 9.90. The van der Waals surface area contributed by atoms with Crippen molar-refractivity contribution in [2.45, 2.75) is 44.1 Å². The van der Waals surface area contributed by atoms with Gasteiger partial charge in [0.15, 0.2) is 0 Å². The van der Waals surface area contributed by atoms with E-state index in [0.717, 1.165) is 25.7 Å². The zero-order valence-corrected chi connectivity index (χ0v) is 13.3. The van der Waals surface area contributed by atoms with Gasteiger partial charge in [0, 0.05) is 5.56 Å². The number of carbonyl (C=O) groups excluding carboxylic acids is 1. The van der Waals surface area contributed by atoms with Crippen LogP contribution < -0.4 is 5.32 Å². The lowest BCUT2D eigenvalue weighted by molar-refractivity contribution is -0.145. The van der Waals surface area contributed by atoms with Gasteiger partial charge in [0.25, 0.3) is 5.91 Å². The molecule has 126 valence electrons. The minimum atomic E-state index is -1.17. The maximum Gasteiger partial charge on any atom is 0.329 e. The first-order chi connectivity index (χ1) is 11.6. The average molecular weight is 328 g/mol. The van der Waals surface area contributed by atoms with Crippen molar-refractivity contribution >= 4 is 11.9 Å². The van der Waals surface area contributed by atoms with E-state index < -0.39 is 11.5 Å². The van der Waals surface area contributed by atoms with Gasteiger partial charge in [-0.1, -0.05) is 31.7 Å². The van der Waals surface area contributed by atoms with Crippen LogP contribution in [0.3, 0.4) is 0 Å². The molecule has 0 bridgehead atoms. The Morgan fingerprint density at radius 1 is 1.17 bits per heavy atom. The molecule has 0 radical (unpaired) electrons. The first-order valence-corrected chi connectivity index (χ1v) is 8.12. The largest absolute Gasteiger partial charge is 0.480 e. The van der Waals surface area contributed by atoms with Crippen LogP contribution in [0.25, 0.3) is 5.69 Å². The fourth-order valence-electron chi connectivity index (χ4n) is 3.15. The summed E-state index contributed by atoms with van der Waals surface area (Å²) in [5, 5.41) is 16.5. The van der Waals surface area contributed by atoms with E-state index in [1.807, 2.05) is 6.07 Å². The summed E-state index contributed by atoms with van der Waals surface area (Å²) >= 11 is 0. The number of nitrogens with one attached hydrogen (secondary N) is 1. The summed E-state index contributed by atoms with van der Waals surface area (Å²) in [5.74, 6) is -1.33. The number of carbonyl (C=O) groups is 2. The van der Waals surface area contributed by atoms with Crippen molar-refractivity contribution in [3.05, 3.63) is 42.5 Å². The Balaban J connectivity index is 1.83. The molecule has 0 unspecified atom stereocenters. The second kappa shape index (κ2) is 6.82. The quantitative estimate of drug-likeness (QED) is 0.838. The second-order valence-corrected chi connectivity index (χ2v) is 6.15. The summed E-state index contributed by atoms with van der Waals surface area (Å²) in [6, 6.07) is 6.90. The van der Waals surface area contributed by atoms with Crippen molar-refractivity contribution in [3.63, 3.8) is 0 Å². The number of benzene rings is 1. The SMILES string of the molecule is O=C(NC1(C(=O)O)CCCCCC1)c1cccc(-n2cncn2)c1. The minimum Gasteiger partial charge on any atom is -0.480 e. The fraction of sp³-hybridized carbons (Fsp3) is 0.412. The molecule has 7 nitrogen and oxygen atoms in total. The van der Waals surface area contributed by atoms with Gasteiger partial charge in [0.05, 0.1) is 5.69 Å². The number of rotatable bonds is 4. The third kappa shape index (κ3) is 3.29. The number of carboxylic acids is 1. The molecule has 1 heterocycles. The molecule has 24 heavy (non-hydrogen) atoms. The van der Waals surface area contributed by atoms with Gasteiger partial charge in [0.2, 0.25) is 0 Å². The summed E-state index contributed by atoms with van der Waals surface area (Å²) in [7, 11) is 0. The van der Waals surface area contributed by atoms with Gasteiger partial charge in [-0.15, -0.1) is 0 Å². The molecule has 1 aliphatic carbocycles. The predicted molar refractivity (Wildman–Crippen MR) is 86.9 cm³/mol. The van der Waals surface area contributed by atoms with Gasteiger partial charge >= 0.3 is 5.97 Å². The lowest BCUT2D eigenvalue weighted by Crippen LogP contribution is -2.54. The van der Waals surface area contributed by atoms with Crippen LogP contribution in [0, 0.1) is 0 Å². The molecule has 0 spiro atoms. The van der Waals surface area contributed by atoms with Gasteiger partial charge in [-0.25, -0.2) is 14.5 Å². The maximum atomic E-state index is 12.6. The second-order valence-electron chi connectivity index (χ2n) is 6.15. The van der Waals surface area contributed by atoms with E-state index in [1.54, 1.807) is 29.2 Å². The number of hydrogen-bond acceptors (Lipinski definition) is 4. The van der Waals surface area contributed by atoms with Crippen LogP contribution in [0.1, 0.15) is 48.9 Å². The van der Waals surface area contributed by atoms with Crippen molar-refractivity contribution in [1.29, 1.82) is 0 Å². The summed E-state index contributed by atoms with van der Waals surface area (Å²) in [6.45, 7) is 0. The molecular formula is C17H20N4O3. The zero-order valence-electron chi connectivity index (χ0n) is 13.3. The number of aromatic nitrogens is 3. The van der Waals surface area contributed by atoms with Crippen LogP contribution in [0.4, 0.5) is 0 Å². The van der Waals surface area contributed by atoms with Crippen LogP contribution in [0.5, 0.6) is 0 Å². The molecule has 2 aromatic rings. The van der Waals surface area contributed by atoms with E-state index in [2.05, 4.69) is 15.4 Å². The van der Waals surface area contributed by atoms with E-state index in [0.29, 0.717) is 24.1 Å². The summed E-state index contributed by atoms with van der Waals surface area (Å²) < 4.78 is 1.55. The molecule has 3 rings (SSSR count). The maximum absolute atomic E-state index is 12.6. The first-order valence-electron chi connectivity index (χ1n) is 8.12. The normalized spacial score (nSPS) is 17.0. The molecular weight excluding hydrogens is 308 g/mol. The number of amides is 1. The number of carboxylic acid groups (broad SMARTS) is 1. The summed E-state index contributed by atoms with van der Waals surface area (Å²) in [6.07, 6.45) is 7.53. The van der Waals surface area contributed by atoms with E-state index >= 15 is 0 Å². The predicted octanol–water partition coefficient (Wildman–Crippen LogP) is 2.17. The van der Waals surface area contributed by atoms with Crippen LogP contribution in [0.15, 0.2) is 36.9 Å². The third-order valence-corrected chi connectivity index (χ3v) is 4.51. The number of hydrogen-bond donors (Lipinski definition) is 2. The molecule has 1 amide bonds. The van der Waals surface area contributed by atoms with Crippen molar-refractivity contribution in [2.24, 2.45) is 0 Å². The lowest BCUT2D eigenvalue weighted by Gasteiger charge is -2.29. The standard InChI is InChI=1S/C17H20N4O3/c22-15(20-17(16(23)24)8-3-1-2-4-9-17)13-6-5-7-14(10-13)21-12-18-11-19-21/h5-7,10-12H,1-4,8-9H2,(H,20,22)(H,23,24). The van der Waals surface area contributed by atoms with E-state index in [1.165, 1.54) is 6.33 Å². The monoisotopic (exact) mass is 328 g/mol. The Morgan fingerprint density at radius 3 is 2.54 bits per heavy atom. The Bertz CT molecular complexity index is 719. The number of aliphatic carboxylic acids is 1. The molecule has 2 N–H and O–H groups in total. The molecule has 7 heteroatoms. The van der Waals surface area contributed by atoms with Crippen molar-refractivity contribution in [3.8, 4) is 5.69 Å². The first kappa shape index (κ1) is 16.2. The highest BCUT2D eigenvalue weighted by atomic mass is 16.4. The average Bonchev–Trinajstić information content (AvgIpc) is 3.02. The Labute approximate surface area is 139 Å². The minimum absolute atomic E-state index is 0.374. The highest BCUT2D eigenvalue weighted by Crippen LogP contribution is 2.28. The van der Waals surface area contributed by atoms with E-state index in [4.69, 9.17) is 0 Å². The molecule has 0 saturated heterocycles. The smallest absolute Gasteiger partial charge is 0.329 e. The van der Waals surface area contributed by atoms with Gasteiger partial charge < -0.3 is 10.4 Å². The topological polar surface area (TPSA) is 97.1 Å². The molecule has 0 aliphatic heterocycles. The van der Waals surface area contributed by atoms with Gasteiger partial charge in [-0.2, -0.15) is 5.10 Å². The molecule has 1 aromatic heterocycles. The van der Waals surface area contributed by atoms with Crippen molar-refractivity contribution < 1.29 is 14.7 Å². The van der Waals surface area contributed by atoms with Crippen molar-refractivity contribution in [1.82, 2.24) is 20.1 Å². The van der Waals surface area contributed by atoms with Crippen LogP contribution in [-0.2, 0) is 4.79 Å². The van der Waals surface area contributed by atoms with Crippen LogP contribution >= 0.6 is 0 Å². The summed E-state index contributed by atoms with van der Waals surface area (Å²) in [5.41, 5.74) is -0.0603. The van der Waals surface area contributed by atoms with Gasteiger partial charge in [0.1, 0.15) is 18.2 Å². The third-order valence-electron chi connectivity index (χ3n) is 4.51. The van der Waals surface area contributed by atoms with E-state index in [-0.39, 0.29) is 5.91 Å². The highest BCUT2D eigenvalue weighted by Gasteiger charge is 2.40. The van der Waals surface area contributed by atoms with Crippen LogP contribution in [0.2, 0.25) is 0 Å². The van der Waals surface area contributed by atoms with Gasteiger partial charge in [-0.05, 0) is 31.0 Å². The Morgan fingerprint density at radius 2 is 1.92 bits per heavy atom. The molecule has 1 saturated carbocycles. The van der Waals surface area contributed by atoms with Gasteiger partial charge in [-0.3, -0.25) is 4.79 Å². The Kier molecular flexibility index (Phi) is 4.59.